The summed E-state index contributed by atoms with van der Waals surface area (Å²) in [6.07, 6.45) is 0.946. The van der Waals surface area contributed by atoms with E-state index in [4.69, 9.17) is 5.11 Å². The van der Waals surface area contributed by atoms with E-state index in [9.17, 15) is 4.79 Å². The summed E-state index contributed by atoms with van der Waals surface area (Å²) in [7, 11) is 0. The molecule has 0 aliphatic heterocycles. The van der Waals surface area contributed by atoms with Gasteiger partial charge in [0.25, 0.3) is 5.91 Å². The van der Waals surface area contributed by atoms with Crippen LogP contribution in [-0.4, -0.2) is 17.6 Å². The molecule has 0 unspecified atom stereocenters. The highest BCUT2D eigenvalue weighted by molar-refractivity contribution is 6.04. The lowest BCUT2D eigenvalue weighted by atomic mass is 10.1. The van der Waals surface area contributed by atoms with Crippen molar-refractivity contribution in [1.29, 1.82) is 0 Å². The lowest BCUT2D eigenvalue weighted by Crippen LogP contribution is -2.12. The quantitative estimate of drug-likeness (QED) is 0.849. The van der Waals surface area contributed by atoms with E-state index >= 15 is 0 Å². The van der Waals surface area contributed by atoms with Crippen LogP contribution in [-0.2, 0) is 6.42 Å². The molecule has 0 aliphatic carbocycles. The average Bonchev–Trinajstić information content (AvgIpc) is 2.54. The Kier molecular flexibility index (Phi) is 5.14. The van der Waals surface area contributed by atoms with Crippen LogP contribution in [0.4, 0.5) is 5.69 Å². The standard InChI is InChI=1S/C18H17NO2/c1-2-14-9-11-16(12-10-14)18(21)19-17-8-4-3-6-15(17)7-5-13-20/h3-4,6,8-12,20H,2,13H2,1H3,(H,19,21). The van der Waals surface area contributed by atoms with Gasteiger partial charge >= 0.3 is 0 Å². The van der Waals surface area contributed by atoms with E-state index in [2.05, 4.69) is 24.1 Å². The van der Waals surface area contributed by atoms with Gasteiger partial charge in [0.1, 0.15) is 6.61 Å². The van der Waals surface area contributed by atoms with E-state index in [-0.39, 0.29) is 12.5 Å². The van der Waals surface area contributed by atoms with Gasteiger partial charge in [-0.3, -0.25) is 4.79 Å². The summed E-state index contributed by atoms with van der Waals surface area (Å²) in [5, 5.41) is 11.6. The van der Waals surface area contributed by atoms with Crippen LogP contribution in [0.2, 0.25) is 0 Å². The van der Waals surface area contributed by atoms with Crippen LogP contribution in [0.25, 0.3) is 0 Å². The Morgan fingerprint density at radius 3 is 2.52 bits per heavy atom. The number of carbonyl (C=O) groups excluding carboxylic acids is 1. The third-order valence-corrected chi connectivity index (χ3v) is 3.10. The van der Waals surface area contributed by atoms with Crippen LogP contribution in [0.3, 0.4) is 0 Å². The molecular weight excluding hydrogens is 262 g/mol. The lowest BCUT2D eigenvalue weighted by Gasteiger charge is -2.08. The Morgan fingerprint density at radius 1 is 1.14 bits per heavy atom. The molecule has 0 bridgehead atoms. The Bertz CT molecular complexity index is 678. The third-order valence-electron chi connectivity index (χ3n) is 3.10. The molecule has 106 valence electrons. The summed E-state index contributed by atoms with van der Waals surface area (Å²) in [5.41, 5.74) is 3.13. The molecule has 2 N–H and O–H groups in total. The van der Waals surface area contributed by atoms with Crippen LogP contribution in [0, 0.1) is 11.8 Å². The number of aliphatic hydroxyl groups is 1. The summed E-state index contributed by atoms with van der Waals surface area (Å²) in [4.78, 5) is 12.2. The molecule has 1 amide bonds. The molecule has 0 aliphatic rings. The van der Waals surface area contributed by atoms with Crippen molar-refractivity contribution in [2.24, 2.45) is 0 Å². The van der Waals surface area contributed by atoms with Crippen molar-refractivity contribution in [2.75, 3.05) is 11.9 Å². The van der Waals surface area contributed by atoms with Crippen molar-refractivity contribution in [3.05, 3.63) is 65.2 Å². The molecular formula is C18H17NO2. The molecule has 0 fully saturated rings. The van der Waals surface area contributed by atoms with Gasteiger partial charge < -0.3 is 10.4 Å². The predicted molar refractivity (Wildman–Crippen MR) is 84.2 cm³/mol. The number of aryl methyl sites for hydroxylation is 1. The number of para-hydroxylation sites is 1. The van der Waals surface area contributed by atoms with Gasteiger partial charge in [0.2, 0.25) is 0 Å². The Morgan fingerprint density at radius 2 is 1.86 bits per heavy atom. The van der Waals surface area contributed by atoms with E-state index in [0.717, 1.165) is 6.42 Å². The number of aliphatic hydroxyl groups excluding tert-OH is 1. The molecule has 2 aromatic carbocycles. The van der Waals surface area contributed by atoms with Crippen molar-refractivity contribution < 1.29 is 9.90 Å². The highest BCUT2D eigenvalue weighted by atomic mass is 16.2. The normalized spacial score (nSPS) is 9.62. The molecule has 0 atom stereocenters. The minimum absolute atomic E-state index is 0.170. The maximum Gasteiger partial charge on any atom is 0.255 e. The maximum atomic E-state index is 12.2. The Balaban J connectivity index is 2.19. The molecule has 0 spiro atoms. The monoisotopic (exact) mass is 279 g/mol. The number of anilines is 1. The molecule has 0 saturated carbocycles. The van der Waals surface area contributed by atoms with Crippen LogP contribution in [0.1, 0.15) is 28.4 Å². The maximum absolute atomic E-state index is 12.2. The largest absolute Gasteiger partial charge is 0.384 e. The van der Waals surface area contributed by atoms with Gasteiger partial charge in [-0.25, -0.2) is 0 Å². The first-order valence-electron chi connectivity index (χ1n) is 6.83. The van der Waals surface area contributed by atoms with E-state index in [0.29, 0.717) is 16.8 Å². The second-order valence-corrected chi connectivity index (χ2v) is 4.51. The van der Waals surface area contributed by atoms with Crippen molar-refractivity contribution in [3.8, 4) is 11.8 Å². The van der Waals surface area contributed by atoms with Crippen molar-refractivity contribution in [1.82, 2.24) is 0 Å². The number of benzene rings is 2. The number of nitrogens with one attached hydrogen (secondary N) is 1. The fourth-order valence-electron chi connectivity index (χ4n) is 1.92. The van der Waals surface area contributed by atoms with Gasteiger partial charge in [-0.05, 0) is 36.2 Å². The fraction of sp³-hybridized carbons (Fsp3) is 0.167. The zero-order valence-electron chi connectivity index (χ0n) is 11.9. The van der Waals surface area contributed by atoms with Crippen LogP contribution in [0.5, 0.6) is 0 Å². The minimum atomic E-state index is -0.208. The van der Waals surface area contributed by atoms with Crippen LogP contribution < -0.4 is 5.32 Å². The SMILES string of the molecule is CCc1ccc(C(=O)Nc2ccccc2C#CCO)cc1. The molecule has 3 heteroatoms. The lowest BCUT2D eigenvalue weighted by molar-refractivity contribution is 0.102. The number of rotatable bonds is 3. The number of hydrogen-bond donors (Lipinski definition) is 2. The van der Waals surface area contributed by atoms with E-state index in [1.54, 1.807) is 12.1 Å². The smallest absolute Gasteiger partial charge is 0.255 e. The first-order chi connectivity index (χ1) is 10.2. The fourth-order valence-corrected chi connectivity index (χ4v) is 1.92. The number of amides is 1. The molecule has 0 saturated heterocycles. The first-order valence-corrected chi connectivity index (χ1v) is 6.83. The van der Waals surface area contributed by atoms with E-state index in [1.165, 1.54) is 5.56 Å². The van der Waals surface area contributed by atoms with E-state index < -0.39 is 0 Å². The molecule has 21 heavy (non-hydrogen) atoms. The predicted octanol–water partition coefficient (Wildman–Crippen LogP) is 2.85. The second-order valence-electron chi connectivity index (χ2n) is 4.51. The van der Waals surface area contributed by atoms with Crippen molar-refractivity contribution >= 4 is 11.6 Å². The molecule has 2 rings (SSSR count). The third kappa shape index (κ3) is 3.95. The summed E-state index contributed by atoms with van der Waals surface area (Å²) >= 11 is 0. The summed E-state index contributed by atoms with van der Waals surface area (Å²) in [6, 6.07) is 14.8. The zero-order valence-corrected chi connectivity index (χ0v) is 11.9. The van der Waals surface area contributed by atoms with Gasteiger partial charge in [-0.15, -0.1) is 0 Å². The highest BCUT2D eigenvalue weighted by Gasteiger charge is 2.07. The molecule has 2 aromatic rings. The Hall–Kier alpha value is -2.57. The van der Waals surface area contributed by atoms with Gasteiger partial charge in [0, 0.05) is 11.1 Å². The zero-order chi connectivity index (χ0) is 15.1. The second kappa shape index (κ2) is 7.28. The van der Waals surface area contributed by atoms with Crippen molar-refractivity contribution in [3.63, 3.8) is 0 Å². The molecule has 0 heterocycles. The number of hydrogen-bond acceptors (Lipinski definition) is 2. The molecule has 3 nitrogen and oxygen atoms in total. The first kappa shape index (κ1) is 14.8. The van der Waals surface area contributed by atoms with Crippen molar-refractivity contribution in [2.45, 2.75) is 13.3 Å². The summed E-state index contributed by atoms with van der Waals surface area (Å²) in [5.74, 6) is 5.24. The average molecular weight is 279 g/mol. The van der Waals surface area contributed by atoms with Gasteiger partial charge in [0.15, 0.2) is 0 Å². The van der Waals surface area contributed by atoms with E-state index in [1.807, 2.05) is 36.4 Å². The Labute approximate surface area is 124 Å². The summed E-state index contributed by atoms with van der Waals surface area (Å²) in [6.45, 7) is 1.87. The van der Waals surface area contributed by atoms with Crippen LogP contribution >= 0.6 is 0 Å². The minimum Gasteiger partial charge on any atom is -0.384 e. The topological polar surface area (TPSA) is 49.3 Å². The highest BCUT2D eigenvalue weighted by Crippen LogP contribution is 2.15. The molecule has 0 radical (unpaired) electrons. The number of carbonyl (C=O) groups is 1. The summed E-state index contributed by atoms with van der Waals surface area (Å²) < 4.78 is 0. The van der Waals surface area contributed by atoms with Gasteiger partial charge in [-0.2, -0.15) is 0 Å². The molecule has 0 aromatic heterocycles. The van der Waals surface area contributed by atoms with Gasteiger partial charge in [-0.1, -0.05) is 43.0 Å². The van der Waals surface area contributed by atoms with Gasteiger partial charge in [0.05, 0.1) is 5.69 Å². The van der Waals surface area contributed by atoms with Crippen LogP contribution in [0.15, 0.2) is 48.5 Å².